The van der Waals surface area contributed by atoms with Gasteiger partial charge in [0.2, 0.25) is 0 Å². The molecule has 0 atom stereocenters. The minimum absolute atomic E-state index is 0.237. The lowest BCUT2D eigenvalue weighted by molar-refractivity contribution is 0.140. The average molecular weight is 338 g/mol. The van der Waals surface area contributed by atoms with Crippen molar-refractivity contribution in [2.24, 2.45) is 0 Å². The van der Waals surface area contributed by atoms with Crippen LogP contribution in [0, 0.1) is 0 Å². The summed E-state index contributed by atoms with van der Waals surface area (Å²) < 4.78 is 11.3. The van der Waals surface area contributed by atoms with Crippen LogP contribution in [-0.4, -0.2) is 27.6 Å². The molecular weight excluding hydrogens is 306 g/mol. The molecule has 1 amide bonds. The summed E-state index contributed by atoms with van der Waals surface area (Å²) in [4.78, 5) is 11.6. The van der Waals surface area contributed by atoms with Crippen molar-refractivity contribution in [2.75, 3.05) is 13.2 Å². The molecule has 0 fully saturated rings. The summed E-state index contributed by atoms with van der Waals surface area (Å²) in [5.74, 6) is 0. The minimum Gasteiger partial charge on any atom is -0.450 e. The zero-order valence-corrected chi connectivity index (χ0v) is 16.1. The van der Waals surface area contributed by atoms with Crippen LogP contribution in [0.1, 0.15) is 39.2 Å². The van der Waals surface area contributed by atoms with Crippen LogP contribution >= 0.6 is 0 Å². The molecule has 130 valence electrons. The summed E-state index contributed by atoms with van der Waals surface area (Å²) in [6.45, 7) is 12.9. The molecule has 23 heavy (non-hydrogen) atoms. The summed E-state index contributed by atoms with van der Waals surface area (Å²) in [6, 6.07) is 9.79. The van der Waals surface area contributed by atoms with Crippen LogP contribution in [0.25, 0.3) is 0 Å². The summed E-state index contributed by atoms with van der Waals surface area (Å²) >= 11 is 0. The highest BCUT2D eigenvalue weighted by Crippen LogP contribution is 2.36. The summed E-state index contributed by atoms with van der Waals surface area (Å²) in [6.07, 6.45) is 1.38. The number of amides is 1. The maximum Gasteiger partial charge on any atom is 0.407 e. The van der Waals surface area contributed by atoms with E-state index in [1.807, 2.05) is 30.3 Å². The number of carbonyl (C=O) groups is 1. The fourth-order valence-corrected chi connectivity index (χ4v) is 2.82. The van der Waals surface area contributed by atoms with E-state index in [0.29, 0.717) is 13.2 Å². The van der Waals surface area contributed by atoms with E-state index in [4.69, 9.17) is 9.16 Å². The molecule has 0 spiro atoms. The highest BCUT2D eigenvalue weighted by molar-refractivity contribution is 6.74. The van der Waals surface area contributed by atoms with Gasteiger partial charge in [-0.2, -0.15) is 0 Å². The maximum atomic E-state index is 11.6. The fraction of sp³-hybridized carbons (Fsp3) is 0.611. The van der Waals surface area contributed by atoms with E-state index < -0.39 is 8.32 Å². The van der Waals surface area contributed by atoms with Crippen LogP contribution < -0.4 is 5.32 Å². The third-order valence-electron chi connectivity index (χ3n) is 4.32. The van der Waals surface area contributed by atoms with Crippen molar-refractivity contribution in [1.29, 1.82) is 0 Å². The molecule has 5 heteroatoms. The van der Waals surface area contributed by atoms with Gasteiger partial charge in [0.25, 0.3) is 0 Å². The molecular formula is C18H31NO3Si. The molecule has 1 N–H and O–H groups in total. The van der Waals surface area contributed by atoms with Crippen LogP contribution in [0.5, 0.6) is 0 Å². The van der Waals surface area contributed by atoms with Crippen molar-refractivity contribution in [3.63, 3.8) is 0 Å². The Morgan fingerprint density at radius 2 is 1.70 bits per heavy atom. The number of hydrogen-bond acceptors (Lipinski definition) is 3. The number of benzene rings is 1. The summed E-state index contributed by atoms with van der Waals surface area (Å²) in [5.41, 5.74) is 1.06. The molecule has 0 aliphatic rings. The van der Waals surface area contributed by atoms with Crippen LogP contribution in [0.2, 0.25) is 18.1 Å². The second-order valence-electron chi connectivity index (χ2n) is 7.29. The molecule has 1 rings (SSSR count). The first kappa shape index (κ1) is 19.7. The van der Waals surface area contributed by atoms with E-state index >= 15 is 0 Å². The van der Waals surface area contributed by atoms with Gasteiger partial charge in [-0.1, -0.05) is 51.1 Å². The molecule has 0 unspecified atom stereocenters. The van der Waals surface area contributed by atoms with Crippen molar-refractivity contribution in [1.82, 2.24) is 5.32 Å². The summed E-state index contributed by atoms with van der Waals surface area (Å²) in [7, 11) is -1.66. The maximum absolute atomic E-state index is 11.6. The fourth-order valence-electron chi connectivity index (χ4n) is 1.73. The Morgan fingerprint density at radius 3 is 2.30 bits per heavy atom. The van der Waals surface area contributed by atoms with E-state index in [9.17, 15) is 4.79 Å². The third-order valence-corrected chi connectivity index (χ3v) is 8.86. The molecule has 1 aromatic carbocycles. The SMILES string of the molecule is CC(C)(C)[Si](C)(C)OCCCCOC(=O)NCc1ccccc1. The zero-order chi connectivity index (χ0) is 17.3. The van der Waals surface area contributed by atoms with Crippen molar-refractivity contribution in [3.8, 4) is 0 Å². The van der Waals surface area contributed by atoms with Gasteiger partial charge in [-0.25, -0.2) is 4.79 Å². The third kappa shape index (κ3) is 7.66. The first-order valence-corrected chi connectivity index (χ1v) is 11.2. The second kappa shape index (κ2) is 9.08. The number of rotatable bonds is 8. The number of nitrogens with one attached hydrogen (secondary N) is 1. The Morgan fingerprint density at radius 1 is 1.09 bits per heavy atom. The zero-order valence-electron chi connectivity index (χ0n) is 15.1. The van der Waals surface area contributed by atoms with Gasteiger partial charge in [0, 0.05) is 13.2 Å². The highest BCUT2D eigenvalue weighted by atomic mass is 28.4. The predicted octanol–water partition coefficient (Wildman–Crippen LogP) is 4.71. The number of ether oxygens (including phenoxy) is 1. The molecule has 0 aliphatic heterocycles. The standard InChI is InChI=1S/C18H31NO3Si/c1-18(2,3)23(4,5)22-14-10-9-13-21-17(20)19-15-16-11-7-6-8-12-16/h6-8,11-12H,9-10,13-15H2,1-5H3,(H,19,20). The van der Waals surface area contributed by atoms with Gasteiger partial charge in [0.05, 0.1) is 6.61 Å². The first-order chi connectivity index (χ1) is 10.7. The van der Waals surface area contributed by atoms with E-state index in [2.05, 4.69) is 39.2 Å². The van der Waals surface area contributed by atoms with Gasteiger partial charge in [-0.3, -0.25) is 0 Å². The van der Waals surface area contributed by atoms with E-state index in [0.717, 1.165) is 25.0 Å². The van der Waals surface area contributed by atoms with Gasteiger partial charge in [-0.15, -0.1) is 0 Å². The molecule has 0 saturated carbocycles. The molecule has 0 bridgehead atoms. The lowest BCUT2D eigenvalue weighted by Gasteiger charge is -2.36. The molecule has 1 aromatic rings. The molecule has 0 saturated heterocycles. The molecule has 0 heterocycles. The van der Waals surface area contributed by atoms with Gasteiger partial charge < -0.3 is 14.5 Å². The monoisotopic (exact) mass is 337 g/mol. The quantitative estimate of drug-likeness (QED) is 0.552. The number of unbranched alkanes of at least 4 members (excludes halogenated alkanes) is 1. The van der Waals surface area contributed by atoms with Crippen LogP contribution in [0.3, 0.4) is 0 Å². The van der Waals surface area contributed by atoms with Gasteiger partial charge in [0.15, 0.2) is 8.32 Å². The van der Waals surface area contributed by atoms with Gasteiger partial charge >= 0.3 is 6.09 Å². The van der Waals surface area contributed by atoms with Crippen LogP contribution in [0.15, 0.2) is 30.3 Å². The number of alkyl carbamates (subject to hydrolysis) is 1. The Bertz CT molecular complexity index is 469. The lowest BCUT2D eigenvalue weighted by Crippen LogP contribution is -2.41. The van der Waals surface area contributed by atoms with Gasteiger partial charge in [-0.05, 0) is 36.5 Å². The average Bonchev–Trinajstić information content (AvgIpc) is 2.48. The highest BCUT2D eigenvalue weighted by Gasteiger charge is 2.36. The molecule has 0 aliphatic carbocycles. The minimum atomic E-state index is -1.66. The molecule has 0 radical (unpaired) electrons. The van der Waals surface area contributed by atoms with E-state index in [1.165, 1.54) is 0 Å². The Balaban J connectivity index is 2.08. The van der Waals surface area contributed by atoms with Crippen molar-refractivity contribution < 1.29 is 14.0 Å². The Kier molecular flexibility index (Phi) is 7.78. The molecule has 0 aromatic heterocycles. The molecule has 4 nitrogen and oxygen atoms in total. The van der Waals surface area contributed by atoms with Crippen LogP contribution in [0.4, 0.5) is 4.79 Å². The van der Waals surface area contributed by atoms with Crippen LogP contribution in [-0.2, 0) is 15.7 Å². The number of carbonyl (C=O) groups excluding carboxylic acids is 1. The topological polar surface area (TPSA) is 47.6 Å². The van der Waals surface area contributed by atoms with Crippen molar-refractivity contribution >= 4 is 14.4 Å². The predicted molar refractivity (Wildman–Crippen MR) is 97.0 cm³/mol. The van der Waals surface area contributed by atoms with Crippen molar-refractivity contribution in [3.05, 3.63) is 35.9 Å². The van der Waals surface area contributed by atoms with Gasteiger partial charge in [0.1, 0.15) is 0 Å². The van der Waals surface area contributed by atoms with Crippen molar-refractivity contribution in [2.45, 2.75) is 58.3 Å². The smallest absolute Gasteiger partial charge is 0.407 e. The Labute approximate surface area is 141 Å². The second-order valence-corrected chi connectivity index (χ2v) is 12.1. The van der Waals surface area contributed by atoms with E-state index in [1.54, 1.807) is 0 Å². The summed E-state index contributed by atoms with van der Waals surface area (Å²) in [5, 5.41) is 2.99. The Hall–Kier alpha value is -1.33. The van der Waals surface area contributed by atoms with E-state index in [-0.39, 0.29) is 11.1 Å². The normalized spacial score (nSPS) is 12.0. The largest absolute Gasteiger partial charge is 0.450 e. The lowest BCUT2D eigenvalue weighted by atomic mass is 10.2. The first-order valence-electron chi connectivity index (χ1n) is 8.31. The number of hydrogen-bond donors (Lipinski definition) is 1.